The number of esters is 1. The second-order valence-corrected chi connectivity index (χ2v) is 5.60. The molecule has 1 aromatic carbocycles. The number of ether oxygens (including phenoxy) is 1. The van der Waals surface area contributed by atoms with Gasteiger partial charge in [0, 0.05) is 25.6 Å². The molecule has 0 unspecified atom stereocenters. The number of hydrogen-bond donors (Lipinski definition) is 3. The van der Waals surface area contributed by atoms with Crippen LogP contribution in [0.25, 0.3) is 0 Å². The maximum atomic E-state index is 12.4. The molecule has 26 heavy (non-hydrogen) atoms. The summed E-state index contributed by atoms with van der Waals surface area (Å²) in [6.45, 7) is 5.19. The van der Waals surface area contributed by atoms with Crippen LogP contribution in [0.3, 0.4) is 0 Å². The monoisotopic (exact) mass is 358 g/mol. The van der Waals surface area contributed by atoms with Gasteiger partial charge >= 0.3 is 5.97 Å². The molecule has 8 nitrogen and oxygen atoms in total. The summed E-state index contributed by atoms with van der Waals surface area (Å²) in [5.74, 6) is -1.05. The van der Waals surface area contributed by atoms with Gasteiger partial charge in [-0.3, -0.25) is 9.59 Å². The number of amides is 2. The zero-order chi connectivity index (χ0) is 19.1. The molecule has 0 aliphatic carbocycles. The van der Waals surface area contributed by atoms with Crippen molar-refractivity contribution in [3.63, 3.8) is 0 Å². The van der Waals surface area contributed by atoms with E-state index < -0.39 is 5.97 Å². The Morgan fingerprint density at radius 1 is 1.23 bits per heavy atom. The van der Waals surface area contributed by atoms with Gasteiger partial charge < -0.3 is 20.7 Å². The lowest BCUT2D eigenvalue weighted by Crippen LogP contribution is -2.37. The molecule has 1 aromatic rings. The minimum atomic E-state index is -0.578. The van der Waals surface area contributed by atoms with Crippen LogP contribution in [0.5, 0.6) is 0 Å². The molecule has 1 aliphatic rings. The molecule has 0 radical (unpaired) electrons. The summed E-state index contributed by atoms with van der Waals surface area (Å²) in [6.07, 6.45) is 0.0584. The first-order chi connectivity index (χ1) is 12.4. The molecule has 8 heteroatoms. The molecular weight excluding hydrogens is 336 g/mol. The first kappa shape index (κ1) is 19.2. The summed E-state index contributed by atoms with van der Waals surface area (Å²) in [5.41, 5.74) is 1.99. The predicted octanol–water partition coefficient (Wildman–Crippen LogP) is 1.62. The minimum absolute atomic E-state index is 0.0584. The number of carbonyl (C=O) groups excluding carboxylic acids is 3. The summed E-state index contributed by atoms with van der Waals surface area (Å²) in [4.78, 5) is 40.0. The SMILES string of the molecule is CCOC(=O)C1=C(C)Nc2ccccc2N=C1NC(=O)CCNC(C)=O. The van der Waals surface area contributed by atoms with Crippen LogP contribution in [0.4, 0.5) is 11.4 Å². The van der Waals surface area contributed by atoms with Gasteiger partial charge in [-0.25, -0.2) is 9.79 Å². The number of carbonyl (C=O) groups is 3. The van der Waals surface area contributed by atoms with Crippen molar-refractivity contribution in [1.82, 2.24) is 10.6 Å². The van der Waals surface area contributed by atoms with Gasteiger partial charge in [0.25, 0.3) is 0 Å². The highest BCUT2D eigenvalue weighted by Gasteiger charge is 2.25. The first-order valence-electron chi connectivity index (χ1n) is 8.29. The highest BCUT2D eigenvalue weighted by Crippen LogP contribution is 2.30. The van der Waals surface area contributed by atoms with Crippen molar-refractivity contribution in [2.75, 3.05) is 18.5 Å². The molecule has 138 valence electrons. The Hall–Kier alpha value is -3.16. The van der Waals surface area contributed by atoms with Crippen molar-refractivity contribution >= 4 is 35.0 Å². The van der Waals surface area contributed by atoms with Crippen LogP contribution in [-0.2, 0) is 19.1 Å². The fourth-order valence-corrected chi connectivity index (χ4v) is 2.39. The summed E-state index contributed by atoms with van der Waals surface area (Å²) in [5, 5.41) is 8.33. The maximum absolute atomic E-state index is 12.4. The number of anilines is 1. The molecular formula is C18H22N4O4. The van der Waals surface area contributed by atoms with Gasteiger partial charge in [-0.05, 0) is 26.0 Å². The summed E-state index contributed by atoms with van der Waals surface area (Å²) < 4.78 is 5.10. The maximum Gasteiger partial charge on any atom is 0.343 e. The second-order valence-electron chi connectivity index (χ2n) is 5.60. The van der Waals surface area contributed by atoms with E-state index in [0.29, 0.717) is 17.1 Å². The molecule has 2 rings (SSSR count). The molecule has 0 aromatic heterocycles. The molecule has 1 heterocycles. The summed E-state index contributed by atoms with van der Waals surface area (Å²) in [7, 11) is 0. The predicted molar refractivity (Wildman–Crippen MR) is 97.9 cm³/mol. The number of nitrogens with one attached hydrogen (secondary N) is 3. The summed E-state index contributed by atoms with van der Waals surface area (Å²) >= 11 is 0. The quantitative estimate of drug-likeness (QED) is 0.693. The van der Waals surface area contributed by atoms with Crippen LogP contribution in [0.2, 0.25) is 0 Å². The van der Waals surface area contributed by atoms with Gasteiger partial charge in [0.05, 0.1) is 18.0 Å². The lowest BCUT2D eigenvalue weighted by molar-refractivity contribution is -0.137. The van der Waals surface area contributed by atoms with E-state index in [9.17, 15) is 14.4 Å². The Morgan fingerprint density at radius 2 is 1.96 bits per heavy atom. The van der Waals surface area contributed by atoms with Gasteiger partial charge in [-0.2, -0.15) is 0 Å². The fraction of sp³-hybridized carbons (Fsp3) is 0.333. The summed E-state index contributed by atoms with van der Waals surface area (Å²) in [6, 6.07) is 7.25. The van der Waals surface area contributed by atoms with Gasteiger partial charge in [-0.15, -0.1) is 0 Å². The Morgan fingerprint density at radius 3 is 2.65 bits per heavy atom. The Kier molecular flexibility index (Phi) is 6.48. The number of para-hydroxylation sites is 2. The van der Waals surface area contributed by atoms with Crippen LogP contribution in [0.1, 0.15) is 27.2 Å². The lowest BCUT2D eigenvalue weighted by Gasteiger charge is -2.13. The normalized spacial score (nSPS) is 13.0. The number of allylic oxidation sites excluding steroid dienone is 1. The van der Waals surface area contributed by atoms with Crippen LogP contribution < -0.4 is 16.0 Å². The molecule has 0 atom stereocenters. The molecule has 0 fully saturated rings. The van der Waals surface area contributed by atoms with E-state index in [-0.39, 0.29) is 42.8 Å². The zero-order valence-electron chi connectivity index (χ0n) is 15.0. The number of benzene rings is 1. The third-order valence-corrected chi connectivity index (χ3v) is 3.53. The van der Waals surface area contributed by atoms with E-state index in [1.807, 2.05) is 18.2 Å². The van der Waals surface area contributed by atoms with E-state index in [2.05, 4.69) is 20.9 Å². The van der Waals surface area contributed by atoms with Gasteiger partial charge in [-0.1, -0.05) is 12.1 Å². The highest BCUT2D eigenvalue weighted by atomic mass is 16.5. The van der Waals surface area contributed by atoms with Gasteiger partial charge in [0.1, 0.15) is 11.4 Å². The molecule has 0 saturated carbocycles. The van der Waals surface area contributed by atoms with Crippen molar-refractivity contribution in [3.8, 4) is 0 Å². The number of fused-ring (bicyclic) bond motifs is 1. The number of hydrogen-bond acceptors (Lipinski definition) is 6. The van der Waals surface area contributed by atoms with Crippen LogP contribution >= 0.6 is 0 Å². The van der Waals surface area contributed by atoms with Crippen molar-refractivity contribution < 1.29 is 19.1 Å². The Balaban J connectivity index is 2.31. The average Bonchev–Trinajstić information content (AvgIpc) is 2.69. The topological polar surface area (TPSA) is 109 Å². The number of nitrogens with zero attached hydrogens (tertiary/aromatic N) is 1. The van der Waals surface area contributed by atoms with E-state index in [4.69, 9.17) is 4.74 Å². The highest BCUT2D eigenvalue weighted by molar-refractivity contribution is 6.24. The van der Waals surface area contributed by atoms with Gasteiger partial charge in [0.2, 0.25) is 11.8 Å². The van der Waals surface area contributed by atoms with E-state index in [1.54, 1.807) is 19.9 Å². The van der Waals surface area contributed by atoms with Crippen LogP contribution in [0.15, 0.2) is 40.5 Å². The smallest absolute Gasteiger partial charge is 0.343 e. The third-order valence-electron chi connectivity index (χ3n) is 3.53. The van der Waals surface area contributed by atoms with Crippen LogP contribution in [-0.4, -0.2) is 36.8 Å². The van der Waals surface area contributed by atoms with Crippen molar-refractivity contribution in [1.29, 1.82) is 0 Å². The Labute approximate surface area is 151 Å². The van der Waals surface area contributed by atoms with Crippen LogP contribution in [0, 0.1) is 0 Å². The second kappa shape index (κ2) is 8.80. The average molecular weight is 358 g/mol. The molecule has 0 bridgehead atoms. The zero-order valence-corrected chi connectivity index (χ0v) is 15.0. The molecule has 0 spiro atoms. The minimum Gasteiger partial charge on any atom is -0.462 e. The van der Waals surface area contributed by atoms with Crippen molar-refractivity contribution in [3.05, 3.63) is 35.5 Å². The lowest BCUT2D eigenvalue weighted by atomic mass is 10.2. The first-order valence-corrected chi connectivity index (χ1v) is 8.29. The molecule has 2 amide bonds. The number of rotatable bonds is 5. The standard InChI is InChI=1S/C18H22N4O4/c1-4-26-18(25)16-11(2)20-13-7-5-6-8-14(13)21-17(16)22-15(24)9-10-19-12(3)23/h5-8,20H,4,9-10H2,1-3H3,(H,19,23)(H,21,22,24). The Bertz CT molecular complexity index is 783. The van der Waals surface area contributed by atoms with Crippen molar-refractivity contribution in [2.24, 2.45) is 4.99 Å². The van der Waals surface area contributed by atoms with E-state index in [1.165, 1.54) is 6.92 Å². The van der Waals surface area contributed by atoms with Crippen molar-refractivity contribution in [2.45, 2.75) is 27.2 Å². The molecule has 0 saturated heterocycles. The number of amidine groups is 1. The van der Waals surface area contributed by atoms with Gasteiger partial charge in [0.15, 0.2) is 0 Å². The number of aliphatic imine (C=N–C) groups is 1. The third kappa shape index (κ3) is 4.92. The molecule has 3 N–H and O–H groups in total. The van der Waals surface area contributed by atoms with E-state index in [0.717, 1.165) is 0 Å². The molecule has 1 aliphatic heterocycles. The largest absolute Gasteiger partial charge is 0.462 e. The van der Waals surface area contributed by atoms with E-state index >= 15 is 0 Å². The fourth-order valence-electron chi connectivity index (χ4n) is 2.39.